The van der Waals surface area contributed by atoms with Gasteiger partial charge >= 0.3 is 0 Å². The van der Waals surface area contributed by atoms with Gasteiger partial charge in [0.2, 0.25) is 10.0 Å². The van der Waals surface area contributed by atoms with Gasteiger partial charge in [0.15, 0.2) is 0 Å². The predicted octanol–water partition coefficient (Wildman–Crippen LogP) is 0.593. The Labute approximate surface area is 128 Å². The molecule has 6 nitrogen and oxygen atoms in total. The zero-order valence-electron chi connectivity index (χ0n) is 10.9. The van der Waals surface area contributed by atoms with Gasteiger partial charge in [0.05, 0.1) is 4.90 Å². The zero-order chi connectivity index (χ0) is 15.5. The maximum Gasteiger partial charge on any atom is 0.251 e. The summed E-state index contributed by atoms with van der Waals surface area (Å²) in [5, 5.41) is 7.47. The van der Waals surface area contributed by atoms with Crippen molar-refractivity contribution in [3.8, 4) is 0 Å². The highest BCUT2D eigenvalue weighted by molar-refractivity contribution is 9.10. The van der Waals surface area contributed by atoms with E-state index in [1.165, 1.54) is 18.2 Å². The molecule has 2 atom stereocenters. The number of hydrogen-bond acceptors (Lipinski definition) is 4. The fourth-order valence-electron chi connectivity index (χ4n) is 1.32. The van der Waals surface area contributed by atoms with Crippen LogP contribution in [0.2, 0.25) is 0 Å². The third-order valence-electron chi connectivity index (χ3n) is 2.62. The van der Waals surface area contributed by atoms with Crippen LogP contribution in [-0.2, 0) is 20.8 Å². The number of rotatable bonds is 5. The highest BCUT2D eigenvalue weighted by Gasteiger charge is 2.16. The quantitative estimate of drug-likeness (QED) is 0.776. The number of sulfonamides is 1. The zero-order valence-corrected chi connectivity index (χ0v) is 14.1. The second kappa shape index (κ2) is 6.79. The molecular formula is C11H15BrN2O4S2. The first-order chi connectivity index (χ1) is 9.12. The van der Waals surface area contributed by atoms with Gasteiger partial charge in [-0.3, -0.25) is 9.00 Å². The number of carbonyl (C=O) groups is 1. The van der Waals surface area contributed by atoms with Crippen molar-refractivity contribution in [2.45, 2.75) is 17.1 Å². The standard InChI is InChI=1S/C11H15BrN2O4S2/c1-7(19(2)16)6-14-11(15)8-3-4-9(12)10(5-8)20(13,17)18/h3-5,7H,6H2,1-2H3,(H,14,15)(H2,13,17,18). The molecule has 3 N–H and O–H groups in total. The molecule has 0 aliphatic heterocycles. The second-order valence-electron chi connectivity index (χ2n) is 4.21. The van der Waals surface area contributed by atoms with E-state index in [0.29, 0.717) is 4.47 Å². The van der Waals surface area contributed by atoms with Crippen molar-refractivity contribution in [2.75, 3.05) is 12.8 Å². The molecule has 0 spiro atoms. The number of primary sulfonamides is 1. The summed E-state index contributed by atoms with van der Waals surface area (Å²) >= 11 is 3.07. The van der Waals surface area contributed by atoms with Crippen LogP contribution in [0.15, 0.2) is 27.6 Å². The number of benzene rings is 1. The van der Waals surface area contributed by atoms with Crippen molar-refractivity contribution in [2.24, 2.45) is 5.14 Å². The van der Waals surface area contributed by atoms with Crippen LogP contribution in [0, 0.1) is 0 Å². The molecule has 112 valence electrons. The Hall–Kier alpha value is -0.770. The van der Waals surface area contributed by atoms with Crippen LogP contribution in [0.5, 0.6) is 0 Å². The summed E-state index contributed by atoms with van der Waals surface area (Å²) in [7, 11) is -4.95. The van der Waals surface area contributed by atoms with Crippen LogP contribution in [0.3, 0.4) is 0 Å². The van der Waals surface area contributed by atoms with E-state index in [2.05, 4.69) is 21.2 Å². The average Bonchev–Trinajstić information content (AvgIpc) is 2.34. The van der Waals surface area contributed by atoms with E-state index >= 15 is 0 Å². The third-order valence-corrected chi connectivity index (χ3v) is 5.82. The smallest absolute Gasteiger partial charge is 0.251 e. The Kier molecular flexibility index (Phi) is 5.87. The first-order valence-electron chi connectivity index (χ1n) is 5.55. The van der Waals surface area contributed by atoms with Gasteiger partial charge < -0.3 is 5.32 Å². The summed E-state index contributed by atoms with van der Waals surface area (Å²) in [5.41, 5.74) is 0.173. The number of halogens is 1. The lowest BCUT2D eigenvalue weighted by atomic mass is 10.2. The predicted molar refractivity (Wildman–Crippen MR) is 81.4 cm³/mol. The van der Waals surface area contributed by atoms with Crippen molar-refractivity contribution in [3.05, 3.63) is 28.2 Å². The highest BCUT2D eigenvalue weighted by Crippen LogP contribution is 2.22. The van der Waals surface area contributed by atoms with Gasteiger partial charge in [-0.2, -0.15) is 0 Å². The van der Waals surface area contributed by atoms with E-state index < -0.39 is 26.7 Å². The summed E-state index contributed by atoms with van der Waals surface area (Å²) in [6.45, 7) is 1.98. The SMILES string of the molecule is CC(CNC(=O)c1ccc(Br)c(S(N)(=O)=O)c1)S(C)=O. The molecule has 0 saturated heterocycles. The van der Waals surface area contributed by atoms with Gasteiger partial charge in [-0.15, -0.1) is 0 Å². The lowest BCUT2D eigenvalue weighted by Crippen LogP contribution is -2.32. The minimum atomic E-state index is -3.91. The molecule has 0 radical (unpaired) electrons. The number of nitrogens with one attached hydrogen (secondary N) is 1. The molecule has 0 fully saturated rings. The molecule has 1 aromatic rings. The van der Waals surface area contributed by atoms with Gasteiger partial charge in [-0.05, 0) is 41.1 Å². The van der Waals surface area contributed by atoms with Gasteiger partial charge in [-0.25, -0.2) is 13.6 Å². The van der Waals surface area contributed by atoms with Crippen LogP contribution in [0.4, 0.5) is 0 Å². The molecule has 2 unspecified atom stereocenters. The van der Waals surface area contributed by atoms with Crippen LogP contribution in [0.1, 0.15) is 17.3 Å². The molecule has 1 aromatic carbocycles. The summed E-state index contributed by atoms with van der Waals surface area (Å²) in [6.07, 6.45) is 1.55. The molecule has 20 heavy (non-hydrogen) atoms. The fourth-order valence-corrected chi connectivity index (χ4v) is 3.19. The molecule has 9 heteroatoms. The highest BCUT2D eigenvalue weighted by atomic mass is 79.9. The molecule has 0 heterocycles. The molecule has 0 aliphatic carbocycles. The van der Waals surface area contributed by atoms with E-state index in [1.807, 2.05) is 0 Å². The number of hydrogen-bond donors (Lipinski definition) is 2. The minimum absolute atomic E-state index is 0.155. The maximum absolute atomic E-state index is 11.9. The molecule has 1 rings (SSSR count). The first-order valence-corrected chi connectivity index (χ1v) is 9.51. The molecule has 0 saturated carbocycles. The van der Waals surface area contributed by atoms with Gasteiger partial charge in [0.25, 0.3) is 5.91 Å². The maximum atomic E-state index is 11.9. The van der Waals surface area contributed by atoms with Crippen LogP contribution < -0.4 is 10.5 Å². The van der Waals surface area contributed by atoms with E-state index in [9.17, 15) is 17.4 Å². The van der Waals surface area contributed by atoms with E-state index in [1.54, 1.807) is 13.2 Å². The lowest BCUT2D eigenvalue weighted by Gasteiger charge is -2.11. The normalized spacial score (nSPS) is 14.6. The van der Waals surface area contributed by atoms with E-state index in [-0.39, 0.29) is 22.3 Å². The summed E-state index contributed by atoms with van der Waals surface area (Å²) in [6, 6.07) is 4.11. The Morgan fingerprint density at radius 3 is 2.60 bits per heavy atom. The molecule has 1 amide bonds. The Bertz CT molecular complexity index is 646. The van der Waals surface area contributed by atoms with Crippen molar-refractivity contribution in [1.82, 2.24) is 5.32 Å². The lowest BCUT2D eigenvalue weighted by molar-refractivity contribution is 0.0954. The van der Waals surface area contributed by atoms with Crippen LogP contribution in [0.25, 0.3) is 0 Å². The third kappa shape index (κ3) is 4.65. The van der Waals surface area contributed by atoms with Crippen molar-refractivity contribution in [3.63, 3.8) is 0 Å². The number of nitrogens with two attached hydrogens (primary N) is 1. The molecule has 0 aliphatic rings. The van der Waals surface area contributed by atoms with Crippen molar-refractivity contribution < 1.29 is 17.4 Å². The minimum Gasteiger partial charge on any atom is -0.351 e. The Balaban J connectivity index is 2.93. The Morgan fingerprint density at radius 1 is 1.50 bits per heavy atom. The van der Waals surface area contributed by atoms with E-state index in [0.717, 1.165) is 0 Å². The molecule has 0 bridgehead atoms. The van der Waals surface area contributed by atoms with Gasteiger partial charge in [0.1, 0.15) is 0 Å². The van der Waals surface area contributed by atoms with Gasteiger partial charge in [0, 0.05) is 38.9 Å². The summed E-state index contributed by atoms with van der Waals surface area (Å²) in [5.74, 6) is -0.445. The summed E-state index contributed by atoms with van der Waals surface area (Å²) in [4.78, 5) is 11.7. The Morgan fingerprint density at radius 2 is 2.10 bits per heavy atom. The molecular weight excluding hydrogens is 368 g/mol. The topological polar surface area (TPSA) is 106 Å². The van der Waals surface area contributed by atoms with Crippen LogP contribution in [-0.4, -0.2) is 36.6 Å². The second-order valence-corrected chi connectivity index (χ2v) is 8.40. The fraction of sp³-hybridized carbons (Fsp3) is 0.364. The summed E-state index contributed by atoms with van der Waals surface area (Å²) < 4.78 is 34.2. The largest absolute Gasteiger partial charge is 0.351 e. The average molecular weight is 383 g/mol. The number of amides is 1. The van der Waals surface area contributed by atoms with Gasteiger partial charge in [-0.1, -0.05) is 0 Å². The number of carbonyl (C=O) groups excluding carboxylic acids is 1. The molecule has 0 aromatic heterocycles. The first kappa shape index (κ1) is 17.3. The van der Waals surface area contributed by atoms with Crippen molar-refractivity contribution in [1.29, 1.82) is 0 Å². The van der Waals surface area contributed by atoms with E-state index in [4.69, 9.17) is 5.14 Å². The van der Waals surface area contributed by atoms with Crippen LogP contribution >= 0.6 is 15.9 Å². The van der Waals surface area contributed by atoms with Crippen molar-refractivity contribution >= 4 is 42.7 Å². The monoisotopic (exact) mass is 382 g/mol.